The molecule has 6 nitrogen and oxygen atoms in total. The van der Waals surface area contributed by atoms with Crippen LogP contribution in [0.1, 0.15) is 0 Å². The first kappa shape index (κ1) is 13.3. The summed E-state index contributed by atoms with van der Waals surface area (Å²) in [5.41, 5.74) is 1.76. The highest BCUT2D eigenvalue weighted by atomic mass is 35.5. The van der Waals surface area contributed by atoms with Gasteiger partial charge in [0.1, 0.15) is 17.6 Å². The Balaban J connectivity index is 2.02. The van der Waals surface area contributed by atoms with Gasteiger partial charge in [-0.25, -0.2) is 9.97 Å². The maximum atomic E-state index is 7.37. The largest absolute Gasteiger partial charge is 0.437 e. The van der Waals surface area contributed by atoms with Crippen LogP contribution in [-0.4, -0.2) is 20.2 Å². The molecule has 0 bridgehead atoms. The molecule has 0 unspecified atom stereocenters. The highest BCUT2D eigenvalue weighted by molar-refractivity contribution is 6.31. The third kappa shape index (κ3) is 3.06. The Morgan fingerprint density at radius 1 is 1.10 bits per heavy atom. The minimum atomic E-state index is 0.204. The first-order valence-electron chi connectivity index (χ1n) is 6.05. The smallest absolute Gasteiger partial charge is 0.236 e. The number of aromatic nitrogens is 4. The van der Waals surface area contributed by atoms with Gasteiger partial charge in [0, 0.05) is 34.6 Å². The van der Waals surface area contributed by atoms with Gasteiger partial charge >= 0.3 is 0 Å². The first-order valence-corrected chi connectivity index (χ1v) is 6.43. The molecule has 2 aromatic heterocycles. The predicted molar refractivity (Wildman–Crippen MR) is 77.0 cm³/mol. The van der Waals surface area contributed by atoms with E-state index in [1.807, 2.05) is 0 Å². The summed E-state index contributed by atoms with van der Waals surface area (Å²) < 4.78 is 5.73. The lowest BCUT2D eigenvalue weighted by atomic mass is 10.1. The van der Waals surface area contributed by atoms with Gasteiger partial charge in [0.05, 0.1) is 0 Å². The summed E-state index contributed by atoms with van der Waals surface area (Å²) in [5, 5.41) is 14.4. The van der Waals surface area contributed by atoms with E-state index in [0.29, 0.717) is 16.7 Å². The van der Waals surface area contributed by atoms with Crippen LogP contribution in [0.15, 0.2) is 49.1 Å². The number of hydrogen-bond acceptors (Lipinski definition) is 5. The van der Waals surface area contributed by atoms with Crippen molar-refractivity contribution in [1.82, 2.24) is 20.2 Å². The van der Waals surface area contributed by atoms with Crippen molar-refractivity contribution in [1.29, 1.82) is 5.41 Å². The van der Waals surface area contributed by atoms with Crippen LogP contribution < -0.4 is 10.2 Å². The molecule has 2 N–H and O–H groups in total. The topological polar surface area (TPSA) is 87.5 Å². The average Bonchev–Trinajstić information content (AvgIpc) is 2.52. The lowest BCUT2D eigenvalue weighted by Crippen LogP contribution is -2.06. The van der Waals surface area contributed by atoms with Gasteiger partial charge in [-0.15, -0.1) is 5.10 Å². The van der Waals surface area contributed by atoms with E-state index in [2.05, 4.69) is 20.2 Å². The zero-order valence-corrected chi connectivity index (χ0v) is 11.5. The summed E-state index contributed by atoms with van der Waals surface area (Å²) in [7, 11) is 0. The molecule has 0 radical (unpaired) electrons. The molecule has 3 rings (SSSR count). The summed E-state index contributed by atoms with van der Waals surface area (Å²) in [6.45, 7) is 0. The van der Waals surface area contributed by atoms with Crippen molar-refractivity contribution in [3.8, 4) is 22.8 Å². The van der Waals surface area contributed by atoms with Gasteiger partial charge in [-0.05, 0) is 24.3 Å². The van der Waals surface area contributed by atoms with E-state index < -0.39 is 0 Å². The summed E-state index contributed by atoms with van der Waals surface area (Å²) in [5.74, 6) is 0.930. The van der Waals surface area contributed by atoms with Crippen molar-refractivity contribution in [2.45, 2.75) is 0 Å². The molecule has 0 atom stereocenters. The van der Waals surface area contributed by atoms with Gasteiger partial charge in [-0.1, -0.05) is 11.6 Å². The second kappa shape index (κ2) is 5.72. The van der Waals surface area contributed by atoms with E-state index in [1.165, 1.54) is 6.33 Å². The first-order chi connectivity index (χ1) is 10.2. The van der Waals surface area contributed by atoms with Crippen LogP contribution in [-0.2, 0) is 0 Å². The maximum absolute atomic E-state index is 7.37. The molecule has 104 valence electrons. The number of rotatable bonds is 3. The van der Waals surface area contributed by atoms with Crippen LogP contribution in [0.5, 0.6) is 11.6 Å². The lowest BCUT2D eigenvalue weighted by Gasteiger charge is -2.10. The lowest BCUT2D eigenvalue weighted by molar-refractivity contribution is 0.455. The second-order valence-electron chi connectivity index (χ2n) is 4.18. The standard InChI is InChI=1S/C14H10ClN5O/c15-10-1-2-12(21-14-4-3-13(16)19-20-14)11(5-10)9-6-17-8-18-7-9/h1-8H,(H2,16,19). The van der Waals surface area contributed by atoms with Crippen molar-refractivity contribution in [3.63, 3.8) is 0 Å². The number of aromatic amines is 1. The molecule has 0 saturated carbocycles. The van der Waals surface area contributed by atoms with Crippen molar-refractivity contribution < 1.29 is 4.74 Å². The minimum absolute atomic E-state index is 0.204. The molecule has 7 heteroatoms. The number of halogens is 1. The fourth-order valence-corrected chi connectivity index (χ4v) is 1.94. The zero-order chi connectivity index (χ0) is 14.7. The minimum Gasteiger partial charge on any atom is -0.437 e. The van der Waals surface area contributed by atoms with Crippen LogP contribution in [0.2, 0.25) is 5.02 Å². The molecule has 0 saturated heterocycles. The molecule has 0 fully saturated rings. The van der Waals surface area contributed by atoms with Crippen molar-refractivity contribution in [2.75, 3.05) is 0 Å². The Bertz CT molecular complexity index is 799. The van der Waals surface area contributed by atoms with Gasteiger partial charge in [-0.2, -0.15) is 0 Å². The SMILES string of the molecule is N=c1ccc(Oc2ccc(Cl)cc2-c2cncnc2)n[nH]1. The van der Waals surface area contributed by atoms with Crippen molar-refractivity contribution in [2.24, 2.45) is 0 Å². The van der Waals surface area contributed by atoms with E-state index >= 15 is 0 Å². The monoisotopic (exact) mass is 299 g/mol. The Labute approximate surface area is 124 Å². The summed E-state index contributed by atoms with van der Waals surface area (Å²) in [4.78, 5) is 7.99. The third-order valence-electron chi connectivity index (χ3n) is 2.71. The van der Waals surface area contributed by atoms with Crippen LogP contribution in [0.4, 0.5) is 0 Å². The van der Waals surface area contributed by atoms with Gasteiger partial charge in [0.2, 0.25) is 5.88 Å². The Kier molecular flexibility index (Phi) is 3.61. The Hall–Kier alpha value is -2.73. The van der Waals surface area contributed by atoms with E-state index in [1.54, 1.807) is 42.7 Å². The number of H-pyrrole nitrogens is 1. The summed E-state index contributed by atoms with van der Waals surface area (Å²) >= 11 is 6.05. The van der Waals surface area contributed by atoms with E-state index in [4.69, 9.17) is 21.7 Å². The fraction of sp³-hybridized carbons (Fsp3) is 0. The predicted octanol–water partition coefficient (Wildman–Crippen LogP) is 2.79. The van der Waals surface area contributed by atoms with E-state index in [0.717, 1.165) is 11.1 Å². The molecule has 0 aliphatic heterocycles. The molecule has 21 heavy (non-hydrogen) atoms. The molecule has 0 spiro atoms. The summed E-state index contributed by atoms with van der Waals surface area (Å²) in [6.07, 6.45) is 4.81. The number of ether oxygens (including phenoxy) is 1. The molecular weight excluding hydrogens is 290 g/mol. The quantitative estimate of drug-likeness (QED) is 0.778. The van der Waals surface area contributed by atoms with Crippen LogP contribution in [0.3, 0.4) is 0 Å². The van der Waals surface area contributed by atoms with Gasteiger partial charge < -0.3 is 4.74 Å². The molecule has 3 aromatic rings. The van der Waals surface area contributed by atoms with E-state index in [9.17, 15) is 0 Å². The van der Waals surface area contributed by atoms with Crippen molar-refractivity contribution >= 4 is 11.6 Å². The highest BCUT2D eigenvalue weighted by Crippen LogP contribution is 2.34. The molecule has 2 heterocycles. The van der Waals surface area contributed by atoms with E-state index in [-0.39, 0.29) is 5.49 Å². The average molecular weight is 300 g/mol. The number of nitrogens with zero attached hydrogens (tertiary/aromatic N) is 3. The maximum Gasteiger partial charge on any atom is 0.236 e. The van der Waals surface area contributed by atoms with Crippen LogP contribution >= 0.6 is 11.6 Å². The molecule has 1 aromatic carbocycles. The molecule has 0 amide bonds. The zero-order valence-electron chi connectivity index (χ0n) is 10.7. The van der Waals surface area contributed by atoms with Gasteiger partial charge in [0.25, 0.3) is 0 Å². The number of hydrogen-bond donors (Lipinski definition) is 2. The van der Waals surface area contributed by atoms with Crippen LogP contribution in [0, 0.1) is 5.41 Å². The number of benzene rings is 1. The Morgan fingerprint density at radius 3 is 2.62 bits per heavy atom. The van der Waals surface area contributed by atoms with Gasteiger partial charge in [-0.3, -0.25) is 10.5 Å². The van der Waals surface area contributed by atoms with Crippen molar-refractivity contribution in [3.05, 3.63) is 59.6 Å². The highest BCUT2D eigenvalue weighted by Gasteiger charge is 2.09. The van der Waals surface area contributed by atoms with Crippen LogP contribution in [0.25, 0.3) is 11.1 Å². The fourth-order valence-electron chi connectivity index (χ4n) is 1.77. The molecule has 0 aliphatic carbocycles. The molecular formula is C14H10ClN5O. The normalized spacial score (nSPS) is 10.3. The summed E-state index contributed by atoms with van der Waals surface area (Å²) in [6, 6.07) is 8.42. The third-order valence-corrected chi connectivity index (χ3v) is 2.94. The van der Waals surface area contributed by atoms with Gasteiger partial charge in [0.15, 0.2) is 0 Å². The Morgan fingerprint density at radius 2 is 1.90 bits per heavy atom. The number of nitrogens with one attached hydrogen (secondary N) is 2. The second-order valence-corrected chi connectivity index (χ2v) is 4.61. The molecule has 0 aliphatic rings.